The van der Waals surface area contributed by atoms with Crippen LogP contribution in [0.15, 0.2) is 24.3 Å². The number of rotatable bonds is 2. The second kappa shape index (κ2) is 3.77. The third kappa shape index (κ3) is 1.86. The first-order valence-electron chi connectivity index (χ1n) is 5.05. The van der Waals surface area contributed by atoms with Gasteiger partial charge in [0.2, 0.25) is 0 Å². The van der Waals surface area contributed by atoms with E-state index >= 15 is 0 Å². The fourth-order valence-corrected chi connectivity index (χ4v) is 1.62. The topological polar surface area (TPSA) is 48.9 Å². The van der Waals surface area contributed by atoms with Crippen LogP contribution in [0.1, 0.15) is 18.4 Å². The minimum atomic E-state index is 0.271. The lowest BCUT2D eigenvalue weighted by molar-refractivity contribution is 0.475. The van der Waals surface area contributed by atoms with Gasteiger partial charge in [0.05, 0.1) is 5.69 Å². The molecule has 0 aliphatic carbocycles. The maximum atomic E-state index is 9.39. The van der Waals surface area contributed by atoms with Crippen molar-refractivity contribution in [2.45, 2.75) is 20.3 Å². The van der Waals surface area contributed by atoms with Crippen LogP contribution < -0.4 is 0 Å². The number of nitrogens with one attached hydrogen (secondary N) is 1. The Morgan fingerprint density at radius 2 is 2.20 bits per heavy atom. The molecule has 15 heavy (non-hydrogen) atoms. The largest absolute Gasteiger partial charge is 0.508 e. The van der Waals surface area contributed by atoms with Gasteiger partial charge in [-0.2, -0.15) is 0 Å². The number of nitrogens with zero attached hydrogens (tertiary/aromatic N) is 1. The van der Waals surface area contributed by atoms with E-state index in [2.05, 4.69) is 16.9 Å². The van der Waals surface area contributed by atoms with Crippen molar-refractivity contribution in [3.8, 4) is 17.0 Å². The van der Waals surface area contributed by atoms with Crippen molar-refractivity contribution < 1.29 is 5.11 Å². The molecule has 0 aliphatic heterocycles. The summed E-state index contributed by atoms with van der Waals surface area (Å²) in [6.07, 6.45) is 0.889. The highest BCUT2D eigenvalue weighted by molar-refractivity contribution is 5.63. The Kier molecular flexibility index (Phi) is 2.46. The molecule has 0 aliphatic rings. The summed E-state index contributed by atoms with van der Waals surface area (Å²) in [5.41, 5.74) is 2.91. The van der Waals surface area contributed by atoms with Crippen molar-refractivity contribution in [1.82, 2.24) is 9.97 Å². The summed E-state index contributed by atoms with van der Waals surface area (Å²) in [6, 6.07) is 7.15. The lowest BCUT2D eigenvalue weighted by Gasteiger charge is -1.98. The van der Waals surface area contributed by atoms with Gasteiger partial charge in [-0.3, -0.25) is 0 Å². The maximum absolute atomic E-state index is 9.39. The van der Waals surface area contributed by atoms with Crippen LogP contribution in [0.2, 0.25) is 0 Å². The van der Waals surface area contributed by atoms with Crippen molar-refractivity contribution in [2.75, 3.05) is 0 Å². The molecule has 1 aromatic heterocycles. The van der Waals surface area contributed by atoms with Crippen molar-refractivity contribution in [1.29, 1.82) is 0 Å². The van der Waals surface area contributed by atoms with Gasteiger partial charge in [0.15, 0.2) is 0 Å². The van der Waals surface area contributed by atoms with E-state index in [0.29, 0.717) is 0 Å². The smallest absolute Gasteiger partial charge is 0.116 e. The lowest BCUT2D eigenvalue weighted by Crippen LogP contribution is -1.82. The van der Waals surface area contributed by atoms with E-state index < -0.39 is 0 Å². The van der Waals surface area contributed by atoms with Crippen molar-refractivity contribution >= 4 is 0 Å². The number of phenols is 1. The molecular weight excluding hydrogens is 188 g/mol. The monoisotopic (exact) mass is 202 g/mol. The van der Waals surface area contributed by atoms with Crippen LogP contribution in [-0.2, 0) is 6.42 Å². The van der Waals surface area contributed by atoms with Crippen molar-refractivity contribution in [2.24, 2.45) is 0 Å². The average Bonchev–Trinajstić information content (AvgIpc) is 2.60. The summed E-state index contributed by atoms with van der Waals surface area (Å²) >= 11 is 0. The average molecular weight is 202 g/mol. The predicted molar refractivity (Wildman–Crippen MR) is 59.8 cm³/mol. The Labute approximate surface area is 88.8 Å². The normalized spacial score (nSPS) is 10.5. The Morgan fingerprint density at radius 1 is 1.40 bits per heavy atom. The minimum absolute atomic E-state index is 0.271. The fourth-order valence-electron chi connectivity index (χ4n) is 1.62. The van der Waals surface area contributed by atoms with Crippen LogP contribution in [-0.4, -0.2) is 15.1 Å². The minimum Gasteiger partial charge on any atom is -0.508 e. The van der Waals surface area contributed by atoms with E-state index in [1.54, 1.807) is 12.1 Å². The van der Waals surface area contributed by atoms with Crippen LogP contribution in [0.4, 0.5) is 0 Å². The quantitative estimate of drug-likeness (QED) is 0.786. The van der Waals surface area contributed by atoms with Crippen LogP contribution in [0.25, 0.3) is 11.3 Å². The second-order valence-electron chi connectivity index (χ2n) is 3.56. The highest BCUT2D eigenvalue weighted by atomic mass is 16.3. The molecule has 0 unspecified atom stereocenters. The molecule has 0 fully saturated rings. The van der Waals surface area contributed by atoms with Gasteiger partial charge < -0.3 is 10.1 Å². The lowest BCUT2D eigenvalue weighted by atomic mass is 10.1. The molecule has 3 nitrogen and oxygen atoms in total. The maximum Gasteiger partial charge on any atom is 0.116 e. The molecule has 0 amide bonds. The number of aromatic nitrogens is 2. The Bertz CT molecular complexity index is 474. The molecule has 2 rings (SSSR count). The summed E-state index contributed by atoms with van der Waals surface area (Å²) < 4.78 is 0. The Balaban J connectivity index is 2.48. The van der Waals surface area contributed by atoms with E-state index in [1.807, 2.05) is 19.1 Å². The third-order valence-electron chi connectivity index (χ3n) is 2.39. The van der Waals surface area contributed by atoms with E-state index in [-0.39, 0.29) is 5.75 Å². The van der Waals surface area contributed by atoms with Gasteiger partial charge in [-0.25, -0.2) is 4.98 Å². The van der Waals surface area contributed by atoms with Crippen LogP contribution in [0, 0.1) is 6.92 Å². The van der Waals surface area contributed by atoms with E-state index in [1.165, 1.54) is 0 Å². The zero-order valence-electron chi connectivity index (χ0n) is 8.91. The van der Waals surface area contributed by atoms with E-state index in [4.69, 9.17) is 0 Å². The molecule has 0 radical (unpaired) electrons. The van der Waals surface area contributed by atoms with Gasteiger partial charge in [0.25, 0.3) is 0 Å². The zero-order chi connectivity index (χ0) is 10.8. The number of benzene rings is 1. The highest BCUT2D eigenvalue weighted by Gasteiger charge is 2.07. The van der Waals surface area contributed by atoms with Gasteiger partial charge in [-0.05, 0) is 19.1 Å². The van der Waals surface area contributed by atoms with Crippen LogP contribution >= 0.6 is 0 Å². The molecular formula is C12H14N2O. The summed E-state index contributed by atoms with van der Waals surface area (Å²) in [4.78, 5) is 7.69. The third-order valence-corrected chi connectivity index (χ3v) is 2.39. The Hall–Kier alpha value is -1.77. The van der Waals surface area contributed by atoms with Crippen LogP contribution in [0.5, 0.6) is 5.75 Å². The van der Waals surface area contributed by atoms with Gasteiger partial charge in [-0.15, -0.1) is 0 Å². The highest BCUT2D eigenvalue weighted by Crippen LogP contribution is 2.24. The van der Waals surface area contributed by atoms with Crippen LogP contribution in [0.3, 0.4) is 0 Å². The fraction of sp³-hybridized carbons (Fsp3) is 0.250. The Morgan fingerprint density at radius 3 is 2.80 bits per heavy atom. The van der Waals surface area contributed by atoms with Crippen molar-refractivity contribution in [3.63, 3.8) is 0 Å². The summed E-state index contributed by atoms with van der Waals surface area (Å²) in [7, 11) is 0. The molecule has 0 bridgehead atoms. The number of imidazole rings is 1. The molecule has 78 valence electrons. The first kappa shape index (κ1) is 9.77. The molecule has 1 aromatic carbocycles. The predicted octanol–water partition coefficient (Wildman–Crippen LogP) is 2.65. The number of phenolic OH excluding ortho intramolecular Hbond substituents is 1. The zero-order valence-corrected chi connectivity index (χ0v) is 8.91. The molecule has 0 saturated carbocycles. The first-order chi connectivity index (χ1) is 7.20. The first-order valence-corrected chi connectivity index (χ1v) is 5.05. The molecule has 0 atom stereocenters. The van der Waals surface area contributed by atoms with Gasteiger partial charge in [0, 0.05) is 17.7 Å². The van der Waals surface area contributed by atoms with E-state index in [9.17, 15) is 5.11 Å². The standard InChI is InChI=1S/C12H14N2O/c1-3-11-13-8(2)12(14-11)9-5-4-6-10(15)7-9/h4-7,15H,3H2,1-2H3,(H,13,14). The second-order valence-corrected chi connectivity index (χ2v) is 3.56. The summed E-state index contributed by atoms with van der Waals surface area (Å²) in [6.45, 7) is 4.05. The van der Waals surface area contributed by atoms with Gasteiger partial charge in [-0.1, -0.05) is 19.1 Å². The molecule has 3 heteroatoms. The number of aryl methyl sites for hydroxylation is 2. The number of aromatic hydroxyl groups is 1. The molecule has 2 aromatic rings. The van der Waals surface area contributed by atoms with Gasteiger partial charge in [0.1, 0.15) is 11.6 Å². The molecule has 0 spiro atoms. The molecule has 2 N–H and O–H groups in total. The summed E-state index contributed by atoms with van der Waals surface area (Å²) in [5.74, 6) is 1.25. The molecule has 0 saturated heterocycles. The number of aromatic amines is 1. The SMILES string of the molecule is CCc1nc(-c2cccc(O)c2)c(C)[nH]1. The van der Waals surface area contributed by atoms with Gasteiger partial charge >= 0.3 is 0 Å². The summed E-state index contributed by atoms with van der Waals surface area (Å²) in [5, 5.41) is 9.39. The van der Waals surface area contributed by atoms with Crippen molar-refractivity contribution in [3.05, 3.63) is 35.8 Å². The molecule has 1 heterocycles. The van der Waals surface area contributed by atoms with E-state index in [0.717, 1.165) is 29.2 Å². The number of hydrogen-bond donors (Lipinski definition) is 2. The number of H-pyrrole nitrogens is 1. The number of hydrogen-bond acceptors (Lipinski definition) is 2.